The van der Waals surface area contributed by atoms with Crippen LogP contribution in [-0.4, -0.2) is 63.5 Å². The average molecular weight is 519 g/mol. The van der Waals surface area contributed by atoms with E-state index in [0.717, 1.165) is 58.1 Å². The van der Waals surface area contributed by atoms with E-state index in [0.29, 0.717) is 12.7 Å². The quantitative estimate of drug-likeness (QED) is 0.221. The van der Waals surface area contributed by atoms with Crippen molar-refractivity contribution in [3.05, 3.63) is 35.4 Å². The van der Waals surface area contributed by atoms with Gasteiger partial charge in [-0.25, -0.2) is 0 Å². The highest BCUT2D eigenvalue weighted by Crippen LogP contribution is 2.14. The van der Waals surface area contributed by atoms with Crippen molar-refractivity contribution in [3.8, 4) is 0 Å². The maximum atomic E-state index is 5.95. The third kappa shape index (κ3) is 10.1. The summed E-state index contributed by atoms with van der Waals surface area (Å²) in [6, 6.07) is 8.53. The van der Waals surface area contributed by atoms with Crippen molar-refractivity contribution < 1.29 is 14.2 Å². The average Bonchev–Trinajstić information content (AvgIpc) is 2.71. The molecule has 166 valence electrons. The number of guanidine groups is 1. The smallest absolute Gasteiger partial charge is 0.193 e. The van der Waals surface area contributed by atoms with Gasteiger partial charge in [-0.3, -0.25) is 4.99 Å². The van der Waals surface area contributed by atoms with Gasteiger partial charge in [0.05, 0.1) is 18.8 Å². The van der Waals surface area contributed by atoms with E-state index in [1.165, 1.54) is 11.1 Å². The van der Waals surface area contributed by atoms with E-state index in [-0.39, 0.29) is 30.1 Å². The second-order valence-electron chi connectivity index (χ2n) is 7.48. The third-order valence-electron chi connectivity index (χ3n) is 4.83. The molecule has 1 aromatic rings. The standard InChI is InChI=1S/C22H37N3O3.HI/c1-18(2)28-17-20-8-5-7-19(15-20)16-24-22(23-3)25-11-9-21(10-12-25)27-14-6-13-26-4;/h5,7-8,15,18,21H,6,9-14,16-17H2,1-4H3,(H,23,24);1H. The molecule has 29 heavy (non-hydrogen) atoms. The molecule has 0 aromatic heterocycles. The molecule has 1 fully saturated rings. The fraction of sp³-hybridized carbons (Fsp3) is 0.682. The number of ether oxygens (including phenoxy) is 3. The van der Waals surface area contributed by atoms with Gasteiger partial charge in [0.25, 0.3) is 0 Å². The number of nitrogens with zero attached hydrogens (tertiary/aromatic N) is 2. The Kier molecular flexibility index (Phi) is 13.5. The van der Waals surface area contributed by atoms with Crippen LogP contribution in [0.25, 0.3) is 0 Å². The van der Waals surface area contributed by atoms with Gasteiger partial charge in [0, 0.05) is 47.0 Å². The number of methoxy groups -OCH3 is 1. The first-order chi connectivity index (χ1) is 13.6. The first kappa shape index (κ1) is 26.1. The molecule has 1 heterocycles. The van der Waals surface area contributed by atoms with Crippen LogP contribution in [0.4, 0.5) is 0 Å². The van der Waals surface area contributed by atoms with E-state index >= 15 is 0 Å². The molecule has 2 rings (SSSR count). The Morgan fingerprint density at radius 1 is 1.21 bits per heavy atom. The number of hydrogen-bond acceptors (Lipinski definition) is 4. The second-order valence-corrected chi connectivity index (χ2v) is 7.48. The first-order valence-corrected chi connectivity index (χ1v) is 10.4. The summed E-state index contributed by atoms with van der Waals surface area (Å²) >= 11 is 0. The lowest BCUT2D eigenvalue weighted by atomic mass is 10.1. The van der Waals surface area contributed by atoms with Gasteiger partial charge in [-0.2, -0.15) is 0 Å². The second kappa shape index (κ2) is 15.0. The van der Waals surface area contributed by atoms with Gasteiger partial charge < -0.3 is 24.4 Å². The highest BCUT2D eigenvalue weighted by Gasteiger charge is 2.21. The van der Waals surface area contributed by atoms with Crippen LogP contribution < -0.4 is 5.32 Å². The lowest BCUT2D eigenvalue weighted by Gasteiger charge is -2.34. The van der Waals surface area contributed by atoms with Gasteiger partial charge in [0.1, 0.15) is 0 Å². The predicted octanol–water partition coefficient (Wildman–Crippen LogP) is 3.82. The number of nitrogens with one attached hydrogen (secondary N) is 1. The normalized spacial score (nSPS) is 15.5. The van der Waals surface area contributed by atoms with Crippen molar-refractivity contribution in [2.45, 2.75) is 58.5 Å². The van der Waals surface area contributed by atoms with Crippen LogP contribution in [0.1, 0.15) is 44.2 Å². The maximum Gasteiger partial charge on any atom is 0.193 e. The Bertz CT molecular complexity index is 590. The summed E-state index contributed by atoms with van der Waals surface area (Å²) in [5, 5.41) is 3.50. The number of benzene rings is 1. The zero-order chi connectivity index (χ0) is 20.2. The van der Waals surface area contributed by atoms with E-state index < -0.39 is 0 Å². The SMILES string of the molecule is CN=C(NCc1cccc(COC(C)C)c1)N1CCC(OCCCOC)CC1.I. The molecule has 0 amide bonds. The largest absolute Gasteiger partial charge is 0.385 e. The number of likely N-dealkylation sites (tertiary alicyclic amines) is 1. The molecule has 6 nitrogen and oxygen atoms in total. The Morgan fingerprint density at radius 2 is 1.93 bits per heavy atom. The van der Waals surface area contributed by atoms with Crippen molar-refractivity contribution in [1.29, 1.82) is 0 Å². The molecular formula is C22H38IN3O3. The topological polar surface area (TPSA) is 55.3 Å². The molecule has 1 aromatic carbocycles. The molecule has 1 N–H and O–H groups in total. The van der Waals surface area contributed by atoms with Crippen LogP contribution in [0.2, 0.25) is 0 Å². The summed E-state index contributed by atoms with van der Waals surface area (Å²) in [6.07, 6.45) is 3.63. The van der Waals surface area contributed by atoms with Crippen molar-refractivity contribution in [1.82, 2.24) is 10.2 Å². The van der Waals surface area contributed by atoms with Crippen molar-refractivity contribution in [2.24, 2.45) is 4.99 Å². The van der Waals surface area contributed by atoms with E-state index in [4.69, 9.17) is 14.2 Å². The number of hydrogen-bond donors (Lipinski definition) is 1. The molecule has 0 atom stereocenters. The zero-order valence-electron chi connectivity index (χ0n) is 18.4. The molecule has 0 unspecified atom stereocenters. The van der Waals surface area contributed by atoms with Gasteiger partial charge in [0.2, 0.25) is 0 Å². The minimum Gasteiger partial charge on any atom is -0.385 e. The maximum absolute atomic E-state index is 5.95. The summed E-state index contributed by atoms with van der Waals surface area (Å²) < 4.78 is 16.7. The Labute approximate surface area is 193 Å². The lowest BCUT2D eigenvalue weighted by Crippen LogP contribution is -2.46. The molecule has 0 aliphatic carbocycles. The fourth-order valence-corrected chi connectivity index (χ4v) is 3.29. The number of aliphatic imine (C=N–C) groups is 1. The summed E-state index contributed by atoms with van der Waals surface area (Å²) in [5.74, 6) is 0.960. The lowest BCUT2D eigenvalue weighted by molar-refractivity contribution is 0.00989. The van der Waals surface area contributed by atoms with Crippen LogP contribution in [0, 0.1) is 0 Å². The number of rotatable bonds is 10. The molecule has 1 aliphatic heterocycles. The third-order valence-corrected chi connectivity index (χ3v) is 4.83. The Balaban J connectivity index is 0.00000420. The highest BCUT2D eigenvalue weighted by molar-refractivity contribution is 14.0. The minimum absolute atomic E-state index is 0. The van der Waals surface area contributed by atoms with E-state index in [1.807, 2.05) is 7.05 Å². The van der Waals surface area contributed by atoms with Crippen LogP contribution in [-0.2, 0) is 27.4 Å². The monoisotopic (exact) mass is 519 g/mol. The highest BCUT2D eigenvalue weighted by atomic mass is 127. The summed E-state index contributed by atoms with van der Waals surface area (Å²) in [6.45, 7) is 9.01. The van der Waals surface area contributed by atoms with E-state index in [9.17, 15) is 0 Å². The van der Waals surface area contributed by atoms with Gasteiger partial charge in [-0.05, 0) is 44.2 Å². The fourth-order valence-electron chi connectivity index (χ4n) is 3.29. The van der Waals surface area contributed by atoms with E-state index in [1.54, 1.807) is 7.11 Å². The Morgan fingerprint density at radius 3 is 2.59 bits per heavy atom. The zero-order valence-corrected chi connectivity index (χ0v) is 20.7. The van der Waals surface area contributed by atoms with Crippen molar-refractivity contribution in [2.75, 3.05) is 40.5 Å². The predicted molar refractivity (Wildman–Crippen MR) is 129 cm³/mol. The number of piperidine rings is 1. The van der Waals surface area contributed by atoms with Gasteiger partial charge in [0.15, 0.2) is 5.96 Å². The molecular weight excluding hydrogens is 481 g/mol. The van der Waals surface area contributed by atoms with Crippen LogP contribution >= 0.6 is 24.0 Å². The van der Waals surface area contributed by atoms with Crippen molar-refractivity contribution >= 4 is 29.9 Å². The van der Waals surface area contributed by atoms with Crippen molar-refractivity contribution in [3.63, 3.8) is 0 Å². The first-order valence-electron chi connectivity index (χ1n) is 10.4. The summed E-state index contributed by atoms with van der Waals surface area (Å²) in [5.41, 5.74) is 2.44. The molecule has 0 radical (unpaired) electrons. The molecule has 0 saturated carbocycles. The molecule has 0 bridgehead atoms. The van der Waals surface area contributed by atoms with Crippen LogP contribution in [0.15, 0.2) is 29.3 Å². The summed E-state index contributed by atoms with van der Waals surface area (Å²) in [7, 11) is 3.58. The molecule has 0 spiro atoms. The molecule has 7 heteroatoms. The van der Waals surface area contributed by atoms with Gasteiger partial charge in [-0.1, -0.05) is 24.3 Å². The number of halogens is 1. The van der Waals surface area contributed by atoms with Crippen LogP contribution in [0.3, 0.4) is 0 Å². The minimum atomic E-state index is 0. The van der Waals surface area contributed by atoms with Gasteiger partial charge in [-0.15, -0.1) is 24.0 Å². The van der Waals surface area contributed by atoms with E-state index in [2.05, 4.69) is 53.3 Å². The molecule has 1 aliphatic rings. The Hall–Kier alpha value is -0.900. The summed E-state index contributed by atoms with van der Waals surface area (Å²) in [4.78, 5) is 6.79. The van der Waals surface area contributed by atoms with Gasteiger partial charge >= 0.3 is 0 Å². The molecule has 1 saturated heterocycles. The van der Waals surface area contributed by atoms with Crippen LogP contribution in [0.5, 0.6) is 0 Å².